The number of allylic oxidation sites excluding steroid dienone is 3. The Morgan fingerprint density at radius 2 is 2.20 bits per heavy atom. The van der Waals surface area contributed by atoms with Crippen molar-refractivity contribution in [3.63, 3.8) is 0 Å². The molecular weight excluding hydrogens is 190 g/mol. The zero-order valence-electron chi connectivity index (χ0n) is 8.74. The van der Waals surface area contributed by atoms with Crippen LogP contribution in [-0.2, 0) is 0 Å². The van der Waals surface area contributed by atoms with Crippen LogP contribution in [0.25, 0.3) is 0 Å². The van der Waals surface area contributed by atoms with E-state index in [1.54, 1.807) is 0 Å². The molecule has 0 bridgehead atoms. The molecule has 1 rings (SSSR count). The number of hydrogen-bond donors (Lipinski definition) is 3. The summed E-state index contributed by atoms with van der Waals surface area (Å²) in [6.07, 6.45) is 5.71. The Morgan fingerprint density at radius 1 is 1.53 bits per heavy atom. The van der Waals surface area contributed by atoms with Gasteiger partial charge < -0.3 is 15.9 Å². The third-order valence-electron chi connectivity index (χ3n) is 2.56. The van der Waals surface area contributed by atoms with Gasteiger partial charge in [-0.3, -0.25) is 0 Å². The van der Waals surface area contributed by atoms with Crippen LogP contribution < -0.4 is 5.73 Å². The highest BCUT2D eigenvalue weighted by atomic mass is 16.3. The van der Waals surface area contributed by atoms with Gasteiger partial charge in [0, 0.05) is 12.0 Å². The third-order valence-corrected chi connectivity index (χ3v) is 2.56. The van der Waals surface area contributed by atoms with Crippen LogP contribution in [0, 0.1) is 0 Å². The predicted molar refractivity (Wildman–Crippen MR) is 61.4 cm³/mol. The van der Waals surface area contributed by atoms with Crippen LogP contribution in [0.2, 0.25) is 0 Å². The van der Waals surface area contributed by atoms with E-state index in [2.05, 4.69) is 13.2 Å². The zero-order valence-corrected chi connectivity index (χ0v) is 8.74. The van der Waals surface area contributed by atoms with E-state index in [-0.39, 0.29) is 5.76 Å². The van der Waals surface area contributed by atoms with Crippen molar-refractivity contribution < 1.29 is 10.2 Å². The molecule has 0 heterocycles. The molecule has 15 heavy (non-hydrogen) atoms. The average Bonchev–Trinajstić information content (AvgIpc) is 2.23. The second-order valence-electron chi connectivity index (χ2n) is 3.65. The van der Waals surface area contributed by atoms with Crippen molar-refractivity contribution in [1.29, 1.82) is 0 Å². The highest BCUT2D eigenvalue weighted by Crippen LogP contribution is 2.34. The van der Waals surface area contributed by atoms with E-state index in [9.17, 15) is 10.2 Å². The molecule has 0 aromatic heterocycles. The van der Waals surface area contributed by atoms with Crippen LogP contribution in [-0.4, -0.2) is 22.4 Å². The minimum atomic E-state index is -1.37. The van der Waals surface area contributed by atoms with Gasteiger partial charge in [0.1, 0.15) is 11.4 Å². The van der Waals surface area contributed by atoms with E-state index < -0.39 is 5.60 Å². The number of aliphatic hydroxyl groups is 2. The summed E-state index contributed by atoms with van der Waals surface area (Å²) in [5.41, 5.74) is 5.61. The van der Waals surface area contributed by atoms with E-state index in [0.29, 0.717) is 25.0 Å². The van der Waals surface area contributed by atoms with Crippen molar-refractivity contribution in [3.8, 4) is 0 Å². The molecule has 82 valence electrons. The molecule has 0 amide bonds. The molecule has 3 nitrogen and oxygen atoms in total. The molecule has 0 aromatic rings. The van der Waals surface area contributed by atoms with Crippen molar-refractivity contribution in [2.75, 3.05) is 6.54 Å². The van der Waals surface area contributed by atoms with Gasteiger partial charge in [0.25, 0.3) is 0 Å². The summed E-state index contributed by atoms with van der Waals surface area (Å²) in [7, 11) is 0. The lowest BCUT2D eigenvalue weighted by Gasteiger charge is -2.29. The minimum absolute atomic E-state index is 0.0896. The molecule has 0 fully saturated rings. The summed E-state index contributed by atoms with van der Waals surface area (Å²) in [6.45, 7) is 7.64. The Morgan fingerprint density at radius 3 is 2.67 bits per heavy atom. The molecule has 0 saturated heterocycles. The summed E-state index contributed by atoms with van der Waals surface area (Å²) < 4.78 is 0. The van der Waals surface area contributed by atoms with Gasteiger partial charge >= 0.3 is 0 Å². The number of rotatable bonds is 4. The smallest absolute Gasteiger partial charge is 0.143 e. The monoisotopic (exact) mass is 207 g/mol. The highest BCUT2D eigenvalue weighted by molar-refractivity contribution is 5.44. The summed E-state index contributed by atoms with van der Waals surface area (Å²) in [5, 5.41) is 19.9. The van der Waals surface area contributed by atoms with Gasteiger partial charge in [-0.25, -0.2) is 0 Å². The largest absolute Gasteiger partial charge is 0.508 e. The molecule has 0 aromatic carbocycles. The Labute approximate surface area is 89.9 Å². The summed E-state index contributed by atoms with van der Waals surface area (Å²) in [5.74, 6) is -0.0896. The van der Waals surface area contributed by atoms with E-state index >= 15 is 0 Å². The molecule has 1 aliphatic carbocycles. The molecule has 0 spiro atoms. The topological polar surface area (TPSA) is 66.5 Å². The number of aliphatic hydroxyl groups excluding tert-OH is 1. The Balaban J connectivity index is 3.12. The van der Waals surface area contributed by atoms with Crippen LogP contribution in [0.5, 0.6) is 0 Å². The third kappa shape index (κ3) is 2.19. The fraction of sp³-hybridized carbons (Fsp3) is 0.333. The van der Waals surface area contributed by atoms with Gasteiger partial charge in [-0.05, 0) is 13.0 Å². The summed E-state index contributed by atoms with van der Waals surface area (Å²) in [6, 6.07) is 0. The normalized spacial score (nSPS) is 26.1. The maximum absolute atomic E-state index is 10.1. The molecule has 0 saturated carbocycles. The second kappa shape index (κ2) is 4.47. The summed E-state index contributed by atoms with van der Waals surface area (Å²) in [4.78, 5) is 0. The number of hydrogen-bond acceptors (Lipinski definition) is 3. The van der Waals surface area contributed by atoms with E-state index in [1.807, 2.05) is 6.08 Å². The molecule has 4 N–H and O–H groups in total. The van der Waals surface area contributed by atoms with Gasteiger partial charge in [-0.1, -0.05) is 37.0 Å². The van der Waals surface area contributed by atoms with E-state index in [4.69, 9.17) is 5.73 Å². The van der Waals surface area contributed by atoms with E-state index in [1.165, 1.54) is 12.2 Å². The first kappa shape index (κ1) is 11.8. The zero-order chi connectivity index (χ0) is 11.5. The standard InChI is InChI=1S/C12H17NO2/c1-3-10-7-9(5-6-13)8-12(15,4-2)11(10)14/h3-4,7,14-15H,1-2,5-6,8,13H2. The first-order valence-corrected chi connectivity index (χ1v) is 4.89. The molecule has 0 radical (unpaired) electrons. The van der Waals surface area contributed by atoms with Crippen molar-refractivity contribution in [1.82, 2.24) is 0 Å². The van der Waals surface area contributed by atoms with Crippen molar-refractivity contribution >= 4 is 0 Å². The molecule has 1 atom stereocenters. The minimum Gasteiger partial charge on any atom is -0.508 e. The SMILES string of the molecule is C=CC1=C(O)C(O)(C=C)CC(CCN)=C1. The molecule has 0 aliphatic heterocycles. The molecule has 1 unspecified atom stereocenters. The number of nitrogens with two attached hydrogens (primary N) is 1. The van der Waals surface area contributed by atoms with Crippen LogP contribution in [0.4, 0.5) is 0 Å². The van der Waals surface area contributed by atoms with Gasteiger partial charge in [0.15, 0.2) is 0 Å². The quantitative estimate of drug-likeness (QED) is 0.613. The lowest BCUT2D eigenvalue weighted by Crippen LogP contribution is -2.32. The molecule has 3 heteroatoms. The molecule has 1 aliphatic rings. The molecular formula is C12H17NO2. The van der Waals surface area contributed by atoms with Crippen LogP contribution in [0.3, 0.4) is 0 Å². The summed E-state index contributed by atoms with van der Waals surface area (Å²) >= 11 is 0. The average molecular weight is 207 g/mol. The van der Waals surface area contributed by atoms with Gasteiger partial charge in [0.2, 0.25) is 0 Å². The van der Waals surface area contributed by atoms with Crippen molar-refractivity contribution in [2.45, 2.75) is 18.4 Å². The highest BCUT2D eigenvalue weighted by Gasteiger charge is 2.33. The predicted octanol–water partition coefficient (Wildman–Crippen LogP) is 1.58. The Bertz CT molecular complexity index is 342. The van der Waals surface area contributed by atoms with E-state index in [0.717, 1.165) is 5.57 Å². The van der Waals surface area contributed by atoms with Gasteiger partial charge in [-0.2, -0.15) is 0 Å². The fourth-order valence-corrected chi connectivity index (χ4v) is 1.69. The van der Waals surface area contributed by atoms with Gasteiger partial charge in [-0.15, -0.1) is 0 Å². The van der Waals surface area contributed by atoms with Crippen molar-refractivity contribution in [2.24, 2.45) is 5.73 Å². The van der Waals surface area contributed by atoms with Crippen molar-refractivity contribution in [3.05, 3.63) is 48.3 Å². The lowest BCUT2D eigenvalue weighted by molar-refractivity contribution is 0.0769. The Kier molecular flexibility index (Phi) is 3.50. The first-order chi connectivity index (χ1) is 7.07. The van der Waals surface area contributed by atoms with Crippen LogP contribution in [0.1, 0.15) is 12.8 Å². The lowest BCUT2D eigenvalue weighted by atomic mass is 9.83. The Hall–Kier alpha value is -1.32. The maximum Gasteiger partial charge on any atom is 0.143 e. The fourth-order valence-electron chi connectivity index (χ4n) is 1.69. The maximum atomic E-state index is 10.1. The van der Waals surface area contributed by atoms with Crippen LogP contribution in [0.15, 0.2) is 48.3 Å². The van der Waals surface area contributed by atoms with Crippen LogP contribution >= 0.6 is 0 Å². The second-order valence-corrected chi connectivity index (χ2v) is 3.65. The first-order valence-electron chi connectivity index (χ1n) is 4.89. The van der Waals surface area contributed by atoms with Gasteiger partial charge in [0.05, 0.1) is 0 Å².